The minimum atomic E-state index is 0.701. The fourth-order valence-corrected chi connectivity index (χ4v) is 10.7. The van der Waals surface area contributed by atoms with Gasteiger partial charge in [0.25, 0.3) is 0 Å². The Morgan fingerprint density at radius 2 is 1.14 bits per heavy atom. The molecule has 4 nitrogen and oxygen atoms in total. The monoisotopic (exact) mass is 768 g/mol. The van der Waals surface area contributed by atoms with E-state index in [-0.39, 0.29) is 0 Å². The number of benzene rings is 9. The zero-order valence-electron chi connectivity index (χ0n) is 31.7. The van der Waals surface area contributed by atoms with Crippen LogP contribution in [0.15, 0.2) is 194 Å². The van der Waals surface area contributed by atoms with E-state index in [1.54, 1.807) is 11.3 Å². The highest BCUT2D eigenvalue weighted by Crippen LogP contribution is 2.54. The van der Waals surface area contributed by atoms with Crippen LogP contribution in [-0.4, -0.2) is 14.5 Å². The number of hydrogen-bond acceptors (Lipinski definition) is 4. The van der Waals surface area contributed by atoms with Gasteiger partial charge in [-0.1, -0.05) is 133 Å². The van der Waals surface area contributed by atoms with Crippen molar-refractivity contribution in [1.82, 2.24) is 14.5 Å². The van der Waals surface area contributed by atoms with Crippen LogP contribution in [0.5, 0.6) is 0 Å². The second-order valence-electron chi connectivity index (χ2n) is 15.3. The lowest BCUT2D eigenvalue weighted by atomic mass is 9.87. The Morgan fingerprint density at radius 3 is 2.05 bits per heavy atom. The van der Waals surface area contributed by atoms with Crippen molar-refractivity contribution in [2.24, 2.45) is 0 Å². The molecule has 4 heterocycles. The molecule has 9 aromatic carbocycles. The average molecular weight is 769 g/mol. The van der Waals surface area contributed by atoms with Gasteiger partial charge < -0.3 is 9.47 Å². The first-order valence-electron chi connectivity index (χ1n) is 20.0. The molecule has 1 aliphatic rings. The molecule has 0 unspecified atom stereocenters. The van der Waals surface area contributed by atoms with E-state index >= 15 is 0 Å². The van der Waals surface area contributed by atoms with Crippen LogP contribution < -0.4 is 4.90 Å². The molecule has 3 aromatic heterocycles. The maximum atomic E-state index is 5.61. The number of aromatic nitrogens is 3. The molecule has 12 aromatic rings. The highest BCUT2D eigenvalue weighted by atomic mass is 32.1. The summed E-state index contributed by atoms with van der Waals surface area (Å²) in [5, 5.41) is 8.48. The quantitative estimate of drug-likeness (QED) is 0.179. The van der Waals surface area contributed by atoms with Crippen LogP contribution in [0.2, 0.25) is 0 Å². The summed E-state index contributed by atoms with van der Waals surface area (Å²) in [5.74, 6) is 0.701. The van der Waals surface area contributed by atoms with Gasteiger partial charge in [0.15, 0.2) is 5.82 Å². The predicted molar refractivity (Wildman–Crippen MR) is 249 cm³/mol. The Bertz CT molecular complexity index is 3690. The first-order valence-corrected chi connectivity index (χ1v) is 20.8. The van der Waals surface area contributed by atoms with Gasteiger partial charge in [-0.05, 0) is 82.4 Å². The molecule has 0 bridgehead atoms. The minimum Gasteiger partial charge on any atom is -0.309 e. The van der Waals surface area contributed by atoms with E-state index in [4.69, 9.17) is 9.97 Å². The number of rotatable bonds is 4. The van der Waals surface area contributed by atoms with Crippen LogP contribution in [0.25, 0.3) is 103 Å². The predicted octanol–water partition coefficient (Wildman–Crippen LogP) is 15.0. The lowest BCUT2D eigenvalue weighted by Crippen LogP contribution is -2.16. The molecule has 0 amide bonds. The number of para-hydroxylation sites is 3. The topological polar surface area (TPSA) is 34.0 Å². The summed E-state index contributed by atoms with van der Waals surface area (Å²) in [6.45, 7) is 0. The number of thiophene rings is 1. The Morgan fingerprint density at radius 1 is 0.441 bits per heavy atom. The molecule has 0 radical (unpaired) electrons. The Balaban J connectivity index is 1.08. The lowest BCUT2D eigenvalue weighted by molar-refractivity contribution is 1.18. The van der Waals surface area contributed by atoms with Gasteiger partial charge in [0, 0.05) is 48.6 Å². The van der Waals surface area contributed by atoms with Gasteiger partial charge in [-0.3, -0.25) is 0 Å². The van der Waals surface area contributed by atoms with Gasteiger partial charge in [0.1, 0.15) is 0 Å². The van der Waals surface area contributed by atoms with Crippen molar-refractivity contribution in [1.29, 1.82) is 0 Å². The van der Waals surface area contributed by atoms with Crippen LogP contribution in [0.3, 0.4) is 0 Å². The Labute approximate surface area is 343 Å². The molecule has 0 spiro atoms. The van der Waals surface area contributed by atoms with Gasteiger partial charge in [0.05, 0.1) is 44.0 Å². The van der Waals surface area contributed by atoms with Crippen molar-refractivity contribution in [2.45, 2.75) is 0 Å². The molecule has 0 fully saturated rings. The third-order valence-corrected chi connectivity index (χ3v) is 13.3. The third-order valence-electron chi connectivity index (χ3n) is 12.1. The van der Waals surface area contributed by atoms with E-state index < -0.39 is 0 Å². The van der Waals surface area contributed by atoms with Crippen molar-refractivity contribution in [2.75, 3.05) is 4.90 Å². The van der Waals surface area contributed by atoms with Crippen LogP contribution in [0.4, 0.5) is 17.1 Å². The zero-order valence-corrected chi connectivity index (χ0v) is 32.5. The molecule has 13 rings (SSSR count). The van der Waals surface area contributed by atoms with Crippen LogP contribution in [0, 0.1) is 0 Å². The fourth-order valence-electron chi connectivity index (χ4n) is 9.57. The van der Waals surface area contributed by atoms with Crippen LogP contribution >= 0.6 is 11.3 Å². The highest BCUT2D eigenvalue weighted by molar-refractivity contribution is 7.26. The van der Waals surface area contributed by atoms with E-state index in [2.05, 4.69) is 204 Å². The molecular weight excluding hydrogens is 737 g/mol. The largest absolute Gasteiger partial charge is 0.309 e. The van der Waals surface area contributed by atoms with Crippen molar-refractivity contribution >= 4 is 92.1 Å². The second-order valence-corrected chi connectivity index (χ2v) is 16.4. The Kier molecular flexibility index (Phi) is 6.85. The summed E-state index contributed by atoms with van der Waals surface area (Å²) < 4.78 is 4.65. The number of hydrogen-bond donors (Lipinski definition) is 0. The molecule has 1 aliphatic heterocycles. The molecule has 5 heteroatoms. The molecule has 59 heavy (non-hydrogen) atoms. The first-order chi connectivity index (χ1) is 29.3. The molecule has 0 aliphatic carbocycles. The van der Waals surface area contributed by atoms with Gasteiger partial charge >= 0.3 is 0 Å². The first kappa shape index (κ1) is 32.5. The number of anilines is 3. The smallest absolute Gasteiger partial charge is 0.162 e. The van der Waals surface area contributed by atoms with E-state index in [0.29, 0.717) is 5.82 Å². The standard InChI is InChI=1S/C54H32N4S/c1-2-17-36(18-3-1)57-43-24-9-6-20-38(43)42-32-35(29-30-45(42)57)51-53-52(40-22-8-11-27-48(40)59-53)56-54(55-51)39-21-7-10-25-44(39)58-46-26-13-16-34-15-12-23-41(49(34)46)50-37-19-5-4-14-33(37)28-31-47(50)58/h1-32H. The zero-order chi connectivity index (χ0) is 38.6. The minimum absolute atomic E-state index is 0.701. The van der Waals surface area contributed by atoms with Crippen molar-refractivity contribution in [3.05, 3.63) is 194 Å². The van der Waals surface area contributed by atoms with Gasteiger partial charge in [-0.15, -0.1) is 11.3 Å². The summed E-state index contributed by atoms with van der Waals surface area (Å²) in [4.78, 5) is 13.5. The summed E-state index contributed by atoms with van der Waals surface area (Å²) in [6, 6.07) is 70.1. The molecule has 0 saturated carbocycles. The third kappa shape index (κ3) is 4.71. The maximum absolute atomic E-state index is 5.61. The number of fused-ring (bicyclic) bond motifs is 10. The van der Waals surface area contributed by atoms with E-state index in [0.717, 1.165) is 55.2 Å². The molecular formula is C54H32N4S. The molecule has 0 N–H and O–H groups in total. The molecule has 0 atom stereocenters. The highest BCUT2D eigenvalue weighted by Gasteiger charge is 2.30. The Hall–Kier alpha value is -7.60. The van der Waals surface area contributed by atoms with Gasteiger partial charge in [-0.2, -0.15) is 0 Å². The van der Waals surface area contributed by atoms with E-state index in [9.17, 15) is 0 Å². The normalized spacial score (nSPS) is 12.4. The average Bonchev–Trinajstić information content (AvgIpc) is 3.85. The van der Waals surface area contributed by atoms with Crippen LogP contribution in [-0.2, 0) is 0 Å². The summed E-state index contributed by atoms with van der Waals surface area (Å²) in [6.07, 6.45) is 0. The van der Waals surface area contributed by atoms with E-state index in [1.807, 2.05) is 0 Å². The van der Waals surface area contributed by atoms with Crippen LogP contribution in [0.1, 0.15) is 0 Å². The second kappa shape index (κ2) is 12.4. The van der Waals surface area contributed by atoms with Gasteiger partial charge in [0.2, 0.25) is 0 Å². The van der Waals surface area contributed by atoms with Crippen molar-refractivity contribution < 1.29 is 0 Å². The molecule has 0 saturated heterocycles. The maximum Gasteiger partial charge on any atom is 0.162 e. The fraction of sp³-hybridized carbons (Fsp3) is 0. The van der Waals surface area contributed by atoms with Crippen molar-refractivity contribution in [3.63, 3.8) is 0 Å². The van der Waals surface area contributed by atoms with Crippen molar-refractivity contribution in [3.8, 4) is 39.5 Å². The summed E-state index contributed by atoms with van der Waals surface area (Å²) >= 11 is 1.77. The SMILES string of the molecule is c1ccc(-n2c3ccccc3c3cc(-c4nc(-c5ccccc5N5c6ccc7ccccc7c6-c6cccc7cccc5c67)nc5c4sc4ccccc45)ccc32)cc1. The molecule has 274 valence electrons. The van der Waals surface area contributed by atoms with E-state index in [1.165, 1.54) is 59.2 Å². The van der Waals surface area contributed by atoms with Gasteiger partial charge in [-0.25, -0.2) is 9.97 Å². The number of nitrogens with zero attached hydrogens (tertiary/aromatic N) is 4. The lowest BCUT2D eigenvalue weighted by Gasteiger charge is -2.35. The summed E-state index contributed by atoms with van der Waals surface area (Å²) in [7, 11) is 0. The summed E-state index contributed by atoms with van der Waals surface area (Å²) in [5.41, 5.74) is 13.3.